The van der Waals surface area contributed by atoms with Gasteiger partial charge in [-0.25, -0.2) is 0 Å². The van der Waals surface area contributed by atoms with Gasteiger partial charge in [0.15, 0.2) is 0 Å². The van der Waals surface area contributed by atoms with E-state index in [1.807, 2.05) is 19.1 Å². The lowest BCUT2D eigenvalue weighted by Gasteiger charge is -2.40. The first-order valence-electron chi connectivity index (χ1n) is 9.39. The molecule has 4 unspecified atom stereocenters. The monoisotopic (exact) mass is 350 g/mol. The van der Waals surface area contributed by atoms with E-state index in [2.05, 4.69) is 24.5 Å². The van der Waals surface area contributed by atoms with Gasteiger partial charge in [0.2, 0.25) is 5.91 Å². The minimum Gasteiger partial charge on any atom is -0.272 e. The molecule has 1 aromatic rings. The summed E-state index contributed by atoms with van der Waals surface area (Å²) in [7, 11) is 0. The van der Waals surface area contributed by atoms with Crippen LogP contribution in [0.2, 0.25) is 0 Å². The summed E-state index contributed by atoms with van der Waals surface area (Å²) in [6.07, 6.45) is 6.58. The predicted octanol–water partition coefficient (Wildman–Crippen LogP) is 2.62. The Hall–Kier alpha value is -2.43. The van der Waals surface area contributed by atoms with E-state index in [-0.39, 0.29) is 29.6 Å². The van der Waals surface area contributed by atoms with Crippen molar-refractivity contribution < 1.29 is 14.4 Å². The summed E-state index contributed by atoms with van der Waals surface area (Å²) in [5.74, 6) is 0.273. The molecule has 4 aliphatic rings. The Kier molecular flexibility index (Phi) is 2.94. The molecule has 3 fully saturated rings. The maximum absolute atomic E-state index is 13.4. The highest BCUT2D eigenvalue weighted by Gasteiger charge is 2.80. The van der Waals surface area contributed by atoms with Crippen molar-refractivity contribution in [3.63, 3.8) is 0 Å². The number of aryl methyl sites for hydroxylation is 1. The van der Waals surface area contributed by atoms with E-state index in [1.165, 1.54) is 0 Å². The molecular weight excluding hydrogens is 328 g/mol. The van der Waals surface area contributed by atoms with Gasteiger partial charge >= 0.3 is 0 Å². The second kappa shape index (κ2) is 4.84. The molecule has 5 rings (SSSR count). The van der Waals surface area contributed by atoms with Crippen LogP contribution in [-0.4, -0.2) is 22.7 Å². The van der Waals surface area contributed by atoms with Crippen LogP contribution >= 0.6 is 0 Å². The van der Waals surface area contributed by atoms with Gasteiger partial charge in [-0.1, -0.05) is 36.8 Å². The third-order valence-corrected chi connectivity index (χ3v) is 7.34. The molecule has 5 atom stereocenters. The van der Waals surface area contributed by atoms with Crippen molar-refractivity contribution in [3.05, 3.63) is 47.5 Å². The van der Waals surface area contributed by atoms with Crippen molar-refractivity contribution >= 4 is 17.7 Å². The summed E-state index contributed by atoms with van der Waals surface area (Å²) in [5.41, 5.74) is 3.18. The quantitative estimate of drug-likeness (QED) is 0.673. The third kappa shape index (κ3) is 1.64. The predicted molar refractivity (Wildman–Crippen MR) is 94.5 cm³/mol. The average Bonchev–Trinajstić information content (AvgIpc) is 3.29. The van der Waals surface area contributed by atoms with E-state index in [9.17, 15) is 14.4 Å². The number of nitrogens with one attached hydrogen (secondary N) is 1. The normalized spacial score (nSPS) is 39.0. The Labute approximate surface area is 152 Å². The van der Waals surface area contributed by atoms with Crippen LogP contribution in [0.3, 0.4) is 0 Å². The fraction of sp³-hybridized carbons (Fsp3) is 0.476. The highest BCUT2D eigenvalue weighted by Crippen LogP contribution is 2.80. The fourth-order valence-electron chi connectivity index (χ4n) is 6.07. The number of fused-ring (bicyclic) bond motifs is 3. The number of nitrogens with zero attached hydrogens (tertiary/aromatic N) is 1. The molecule has 26 heavy (non-hydrogen) atoms. The Morgan fingerprint density at radius 3 is 2.69 bits per heavy atom. The van der Waals surface area contributed by atoms with Crippen molar-refractivity contribution in [2.45, 2.75) is 33.1 Å². The number of hydrogen-bond acceptors (Lipinski definition) is 3. The molecule has 0 aromatic heterocycles. The summed E-state index contributed by atoms with van der Waals surface area (Å²) in [5, 5.41) is 0.997. The number of rotatable bonds is 3. The first-order valence-corrected chi connectivity index (χ1v) is 9.39. The van der Waals surface area contributed by atoms with E-state index in [0.717, 1.165) is 23.4 Å². The van der Waals surface area contributed by atoms with Gasteiger partial charge < -0.3 is 0 Å². The van der Waals surface area contributed by atoms with Gasteiger partial charge in [-0.2, -0.15) is 5.01 Å². The molecule has 0 radical (unpaired) electrons. The van der Waals surface area contributed by atoms with Crippen molar-refractivity contribution in [2.75, 3.05) is 0 Å². The number of carbonyl (C=O) groups is 3. The second-order valence-corrected chi connectivity index (χ2v) is 8.27. The van der Waals surface area contributed by atoms with Gasteiger partial charge in [0.25, 0.3) is 11.8 Å². The summed E-state index contributed by atoms with van der Waals surface area (Å²) in [6, 6.07) is 7.08. The van der Waals surface area contributed by atoms with E-state index in [0.29, 0.717) is 17.4 Å². The van der Waals surface area contributed by atoms with Crippen LogP contribution in [0.15, 0.2) is 36.4 Å². The van der Waals surface area contributed by atoms with E-state index < -0.39 is 11.3 Å². The van der Waals surface area contributed by atoms with E-state index in [4.69, 9.17) is 0 Å². The summed E-state index contributed by atoms with van der Waals surface area (Å²) in [4.78, 5) is 38.7. The molecule has 134 valence electrons. The Morgan fingerprint density at radius 1 is 1.27 bits per heavy atom. The number of hydrogen-bond donors (Lipinski definition) is 1. The van der Waals surface area contributed by atoms with Crippen molar-refractivity contribution in [2.24, 2.45) is 28.6 Å². The van der Waals surface area contributed by atoms with Crippen LogP contribution in [0, 0.1) is 35.5 Å². The van der Waals surface area contributed by atoms with Crippen LogP contribution < -0.4 is 5.43 Å². The topological polar surface area (TPSA) is 66.5 Å². The maximum Gasteiger partial charge on any atom is 0.270 e. The molecule has 5 heteroatoms. The molecular formula is C21H22N2O3. The van der Waals surface area contributed by atoms with Crippen LogP contribution in [0.4, 0.5) is 0 Å². The van der Waals surface area contributed by atoms with Gasteiger partial charge in [-0.05, 0) is 49.7 Å². The number of hydrazine groups is 1. The summed E-state index contributed by atoms with van der Waals surface area (Å²) in [6.45, 7) is 4.05. The van der Waals surface area contributed by atoms with Crippen LogP contribution in [0.25, 0.3) is 0 Å². The molecule has 1 heterocycles. The highest BCUT2D eigenvalue weighted by molar-refractivity contribution is 6.09. The molecule has 1 N–H and O–H groups in total. The molecule has 3 amide bonds. The zero-order chi connectivity index (χ0) is 18.3. The van der Waals surface area contributed by atoms with Crippen LogP contribution in [0.5, 0.6) is 0 Å². The number of benzene rings is 1. The van der Waals surface area contributed by atoms with Crippen molar-refractivity contribution in [1.29, 1.82) is 0 Å². The molecule has 3 aliphatic carbocycles. The zero-order valence-corrected chi connectivity index (χ0v) is 15.0. The lowest BCUT2D eigenvalue weighted by molar-refractivity contribution is -0.147. The van der Waals surface area contributed by atoms with Gasteiger partial charge in [-0.3, -0.25) is 19.8 Å². The van der Waals surface area contributed by atoms with Gasteiger partial charge in [0, 0.05) is 17.4 Å². The number of allylic oxidation sites excluding steroid dienone is 2. The fourth-order valence-corrected chi connectivity index (χ4v) is 6.07. The van der Waals surface area contributed by atoms with Gasteiger partial charge in [0.05, 0.1) is 5.41 Å². The largest absolute Gasteiger partial charge is 0.272 e. The first kappa shape index (κ1) is 15.8. The Morgan fingerprint density at radius 2 is 2.00 bits per heavy atom. The first-order chi connectivity index (χ1) is 12.4. The van der Waals surface area contributed by atoms with Gasteiger partial charge in [0.1, 0.15) is 0 Å². The van der Waals surface area contributed by atoms with E-state index in [1.54, 1.807) is 12.1 Å². The van der Waals surface area contributed by atoms with Crippen LogP contribution in [0.1, 0.15) is 42.1 Å². The SMILES string of the molecule is CCC12C=CC(C3CC31)[C@@]21CC(=O)N(NC(=O)c2ccc(C)cc2)C1=O. The summed E-state index contributed by atoms with van der Waals surface area (Å²) >= 11 is 0. The minimum atomic E-state index is -0.674. The molecule has 2 saturated carbocycles. The van der Waals surface area contributed by atoms with E-state index >= 15 is 0 Å². The third-order valence-electron chi connectivity index (χ3n) is 7.34. The highest BCUT2D eigenvalue weighted by atomic mass is 16.2. The average molecular weight is 350 g/mol. The number of imide groups is 1. The number of amides is 3. The maximum atomic E-state index is 13.4. The van der Waals surface area contributed by atoms with Crippen molar-refractivity contribution in [3.8, 4) is 0 Å². The smallest absolute Gasteiger partial charge is 0.270 e. The molecule has 1 spiro atoms. The summed E-state index contributed by atoms with van der Waals surface area (Å²) < 4.78 is 0. The standard InChI is InChI=1S/C21H22N2O3/c1-3-20-9-8-15(14-10-16(14)20)21(20)11-17(24)23(19(21)26)22-18(25)13-6-4-12(2)5-7-13/h4-9,14-16H,3,10-11H2,1-2H3,(H,22,25)/t14?,15?,16?,20?,21-/m1/s1. The van der Waals surface area contributed by atoms with Gasteiger partial charge in [-0.15, -0.1) is 0 Å². The Balaban J connectivity index is 1.45. The van der Waals surface area contributed by atoms with Crippen LogP contribution in [-0.2, 0) is 9.59 Å². The zero-order valence-electron chi connectivity index (χ0n) is 15.0. The molecule has 5 nitrogen and oxygen atoms in total. The minimum absolute atomic E-state index is 0.144. The lowest BCUT2D eigenvalue weighted by Crippen LogP contribution is -2.51. The molecule has 1 aromatic carbocycles. The van der Waals surface area contributed by atoms with Crippen molar-refractivity contribution in [1.82, 2.24) is 10.4 Å². The molecule has 1 saturated heterocycles. The molecule has 1 aliphatic heterocycles. The Bertz CT molecular complexity index is 874. The molecule has 2 bridgehead atoms. The lowest BCUT2D eigenvalue weighted by atomic mass is 9.61. The number of carbonyl (C=O) groups excluding carboxylic acids is 3. The second-order valence-electron chi connectivity index (χ2n) is 8.27.